The zero-order chi connectivity index (χ0) is 16.7. The van der Waals surface area contributed by atoms with Crippen molar-refractivity contribution in [1.29, 1.82) is 0 Å². The van der Waals surface area contributed by atoms with Gasteiger partial charge in [-0.05, 0) is 45.7 Å². The monoisotopic (exact) mass is 360 g/mol. The van der Waals surface area contributed by atoms with Crippen LogP contribution < -0.4 is 0 Å². The van der Waals surface area contributed by atoms with Gasteiger partial charge in [-0.15, -0.1) is 0 Å². The van der Waals surface area contributed by atoms with Gasteiger partial charge in [0, 0.05) is 27.4 Å². The predicted octanol–water partition coefficient (Wildman–Crippen LogP) is 7.69. The largest absolute Gasteiger partial charge is 0.456 e. The van der Waals surface area contributed by atoms with E-state index in [-0.39, 0.29) is 0 Å². The Labute approximate surface area is 153 Å². The number of rotatable bonds is 0. The summed E-state index contributed by atoms with van der Waals surface area (Å²) in [5.74, 6) is 0. The molecule has 0 bridgehead atoms. The van der Waals surface area contributed by atoms with Crippen LogP contribution in [0.2, 0.25) is 10.0 Å². The van der Waals surface area contributed by atoms with E-state index in [1.165, 1.54) is 21.9 Å². The van der Waals surface area contributed by atoms with Gasteiger partial charge in [-0.25, -0.2) is 0 Å². The lowest BCUT2D eigenvalue weighted by molar-refractivity contribution is 0.669. The summed E-state index contributed by atoms with van der Waals surface area (Å²) >= 11 is 13.0. The topological polar surface area (TPSA) is 13.1 Å². The fraction of sp³-hybridized carbons (Fsp3) is 0. The van der Waals surface area contributed by atoms with Crippen LogP contribution in [0.1, 0.15) is 0 Å². The number of benzene rings is 4. The van der Waals surface area contributed by atoms with Crippen LogP contribution >= 0.6 is 23.2 Å². The van der Waals surface area contributed by atoms with Crippen LogP contribution in [0, 0.1) is 0 Å². The molecule has 0 saturated heterocycles. The van der Waals surface area contributed by atoms with Gasteiger partial charge in [0.15, 0.2) is 0 Å². The van der Waals surface area contributed by atoms with Crippen molar-refractivity contribution in [3.8, 4) is 22.3 Å². The molecule has 0 aliphatic heterocycles. The molecule has 5 aromatic rings. The van der Waals surface area contributed by atoms with Crippen LogP contribution in [0.25, 0.3) is 55.0 Å². The molecule has 0 amide bonds. The Balaban J connectivity index is 1.85. The molecule has 118 valence electrons. The lowest BCUT2D eigenvalue weighted by atomic mass is 10.0. The lowest BCUT2D eigenvalue weighted by Crippen LogP contribution is -1.80. The average Bonchev–Trinajstić information content (AvgIpc) is 3.13. The minimum atomic E-state index is 0.658. The maximum absolute atomic E-state index is 6.93. The van der Waals surface area contributed by atoms with Crippen molar-refractivity contribution in [2.24, 2.45) is 0 Å². The van der Waals surface area contributed by atoms with Gasteiger partial charge in [0.1, 0.15) is 11.2 Å². The Morgan fingerprint density at radius 2 is 1.48 bits per heavy atom. The maximum Gasteiger partial charge on any atom is 0.137 e. The fourth-order valence-corrected chi connectivity index (χ4v) is 4.67. The van der Waals surface area contributed by atoms with Crippen LogP contribution in [-0.2, 0) is 0 Å². The summed E-state index contributed by atoms with van der Waals surface area (Å²) in [6.45, 7) is 0. The first-order valence-electron chi connectivity index (χ1n) is 8.09. The Bertz CT molecular complexity index is 1360. The van der Waals surface area contributed by atoms with E-state index in [0.717, 1.165) is 38.1 Å². The highest BCUT2D eigenvalue weighted by Crippen LogP contribution is 2.53. The minimum absolute atomic E-state index is 0.658. The number of furan rings is 1. The number of hydrogen-bond acceptors (Lipinski definition) is 1. The summed E-state index contributed by atoms with van der Waals surface area (Å²) in [7, 11) is 0. The Hall–Kier alpha value is -2.48. The average molecular weight is 361 g/mol. The molecule has 3 heteroatoms. The van der Waals surface area contributed by atoms with E-state index in [2.05, 4.69) is 42.5 Å². The first kappa shape index (κ1) is 13.8. The minimum Gasteiger partial charge on any atom is -0.456 e. The summed E-state index contributed by atoms with van der Waals surface area (Å²) in [5, 5.41) is 5.85. The number of fused-ring (bicyclic) bond motifs is 6. The van der Waals surface area contributed by atoms with Gasteiger partial charge in [0.25, 0.3) is 0 Å². The summed E-state index contributed by atoms with van der Waals surface area (Å²) in [6.07, 6.45) is 0. The standard InChI is InChI=1S/C22H10Cl2O/c23-12-7-8-14-17(9-12)25-18-10-16-13-5-1-3-11-4-2-6-15(19(11)13)20(16)22(24)21(14)18/h1-10H. The van der Waals surface area contributed by atoms with E-state index >= 15 is 0 Å². The smallest absolute Gasteiger partial charge is 0.137 e. The molecule has 6 rings (SSSR count). The molecule has 4 aromatic carbocycles. The molecule has 1 aliphatic rings. The fourth-order valence-electron chi connectivity index (χ4n) is 4.11. The summed E-state index contributed by atoms with van der Waals surface area (Å²) in [6, 6.07) is 20.6. The third-order valence-electron chi connectivity index (χ3n) is 5.13. The van der Waals surface area contributed by atoms with Crippen molar-refractivity contribution in [1.82, 2.24) is 0 Å². The molecular weight excluding hydrogens is 351 g/mol. The zero-order valence-electron chi connectivity index (χ0n) is 12.9. The van der Waals surface area contributed by atoms with Gasteiger partial charge in [-0.1, -0.05) is 59.6 Å². The van der Waals surface area contributed by atoms with Crippen molar-refractivity contribution >= 4 is 55.9 Å². The number of halogens is 2. The molecule has 0 N–H and O–H groups in total. The Morgan fingerprint density at radius 1 is 0.680 bits per heavy atom. The van der Waals surface area contributed by atoms with Gasteiger partial charge in [0.05, 0.1) is 5.02 Å². The van der Waals surface area contributed by atoms with Gasteiger partial charge in [0.2, 0.25) is 0 Å². The van der Waals surface area contributed by atoms with Gasteiger partial charge >= 0.3 is 0 Å². The molecule has 0 atom stereocenters. The third kappa shape index (κ3) is 1.65. The van der Waals surface area contributed by atoms with Crippen molar-refractivity contribution in [2.45, 2.75) is 0 Å². The molecule has 0 fully saturated rings. The summed E-state index contributed by atoms with van der Waals surface area (Å²) in [5.41, 5.74) is 6.20. The van der Waals surface area contributed by atoms with Crippen LogP contribution in [0.15, 0.2) is 65.1 Å². The highest BCUT2D eigenvalue weighted by Gasteiger charge is 2.26. The third-order valence-corrected chi connectivity index (χ3v) is 5.74. The zero-order valence-corrected chi connectivity index (χ0v) is 14.4. The summed E-state index contributed by atoms with van der Waals surface area (Å²) in [4.78, 5) is 0. The van der Waals surface area contributed by atoms with E-state index < -0.39 is 0 Å². The van der Waals surface area contributed by atoms with Gasteiger partial charge in [-0.2, -0.15) is 0 Å². The molecule has 0 spiro atoms. The molecular formula is C22H10Cl2O. The highest BCUT2D eigenvalue weighted by atomic mass is 35.5. The highest BCUT2D eigenvalue weighted by molar-refractivity contribution is 6.43. The first-order chi connectivity index (χ1) is 12.2. The number of hydrogen-bond donors (Lipinski definition) is 0. The molecule has 1 aliphatic carbocycles. The maximum atomic E-state index is 6.93. The molecule has 0 unspecified atom stereocenters. The van der Waals surface area contributed by atoms with Gasteiger partial charge < -0.3 is 4.42 Å². The predicted molar refractivity (Wildman–Crippen MR) is 106 cm³/mol. The molecule has 1 heterocycles. The first-order valence-corrected chi connectivity index (χ1v) is 8.85. The van der Waals surface area contributed by atoms with Crippen molar-refractivity contribution in [3.63, 3.8) is 0 Å². The van der Waals surface area contributed by atoms with E-state index in [4.69, 9.17) is 27.6 Å². The van der Waals surface area contributed by atoms with Crippen molar-refractivity contribution in [3.05, 3.63) is 70.7 Å². The SMILES string of the molecule is Clc1ccc2c(c1)oc1cc3c(c(Cl)c12)-c1cccc2cccc-3c12. The second kappa shape index (κ2) is 4.57. The quantitative estimate of drug-likeness (QED) is 0.270. The molecule has 1 aromatic heterocycles. The molecule has 0 radical (unpaired) electrons. The Kier molecular flexibility index (Phi) is 2.52. The molecule has 0 saturated carbocycles. The van der Waals surface area contributed by atoms with Crippen LogP contribution in [0.4, 0.5) is 0 Å². The normalized spacial score (nSPS) is 12.4. The van der Waals surface area contributed by atoms with E-state index in [9.17, 15) is 0 Å². The van der Waals surface area contributed by atoms with Crippen LogP contribution in [0.5, 0.6) is 0 Å². The van der Waals surface area contributed by atoms with Crippen molar-refractivity contribution in [2.75, 3.05) is 0 Å². The van der Waals surface area contributed by atoms with E-state index in [1.54, 1.807) is 0 Å². The second-order valence-corrected chi connectivity index (χ2v) is 7.25. The Morgan fingerprint density at radius 3 is 2.32 bits per heavy atom. The summed E-state index contributed by atoms with van der Waals surface area (Å²) < 4.78 is 6.07. The van der Waals surface area contributed by atoms with Crippen LogP contribution in [0.3, 0.4) is 0 Å². The van der Waals surface area contributed by atoms with Gasteiger partial charge in [-0.3, -0.25) is 0 Å². The van der Waals surface area contributed by atoms with Crippen LogP contribution in [-0.4, -0.2) is 0 Å². The molecule has 1 nitrogen and oxygen atoms in total. The van der Waals surface area contributed by atoms with Crippen molar-refractivity contribution < 1.29 is 4.42 Å². The van der Waals surface area contributed by atoms with E-state index in [0.29, 0.717) is 5.02 Å². The lowest BCUT2D eigenvalue weighted by Gasteiger charge is -2.06. The molecule has 25 heavy (non-hydrogen) atoms. The second-order valence-electron chi connectivity index (χ2n) is 6.44. The van der Waals surface area contributed by atoms with E-state index in [1.807, 2.05) is 18.2 Å².